The molecule has 1 heterocycles. The van der Waals surface area contributed by atoms with Gasteiger partial charge in [-0.1, -0.05) is 52.1 Å². The molecule has 0 bridgehead atoms. The van der Waals surface area contributed by atoms with Crippen LogP contribution < -0.4 is 4.74 Å². The molecule has 0 amide bonds. The Labute approximate surface area is 172 Å². The lowest BCUT2D eigenvalue weighted by molar-refractivity contribution is 0.336. The van der Waals surface area contributed by atoms with E-state index >= 15 is 0 Å². The number of benzene rings is 2. The maximum absolute atomic E-state index is 12.9. The van der Waals surface area contributed by atoms with Crippen LogP contribution in [0, 0.1) is 6.92 Å². The molecule has 3 aromatic rings. The van der Waals surface area contributed by atoms with Crippen molar-refractivity contribution in [1.82, 2.24) is 14.4 Å². The highest BCUT2D eigenvalue weighted by Gasteiger charge is 2.27. The van der Waals surface area contributed by atoms with Crippen LogP contribution in [0.1, 0.15) is 11.5 Å². The minimum Gasteiger partial charge on any atom is -0.495 e. The lowest BCUT2D eigenvalue weighted by Crippen LogP contribution is -2.27. The molecule has 0 N–H and O–H groups in total. The van der Waals surface area contributed by atoms with E-state index in [1.807, 2.05) is 31.2 Å². The fourth-order valence-electron chi connectivity index (χ4n) is 2.53. The van der Waals surface area contributed by atoms with E-state index in [1.54, 1.807) is 0 Å². The SMILES string of the molecule is COc1ccc(S(=O)(=O)N(C)Cc2nc(-c3cccc(C)c3)no2)c(Cl)c1Cl. The summed E-state index contributed by atoms with van der Waals surface area (Å²) in [5.41, 5.74) is 1.83. The summed E-state index contributed by atoms with van der Waals surface area (Å²) in [6, 6.07) is 10.4. The third kappa shape index (κ3) is 4.00. The summed E-state index contributed by atoms with van der Waals surface area (Å²) < 4.78 is 37.1. The normalized spacial score (nSPS) is 11.8. The molecule has 2 aromatic carbocycles. The van der Waals surface area contributed by atoms with Gasteiger partial charge >= 0.3 is 0 Å². The third-order valence-corrected chi connectivity index (χ3v) is 6.84. The van der Waals surface area contributed by atoms with Crippen LogP contribution in [0.5, 0.6) is 5.75 Å². The summed E-state index contributed by atoms with van der Waals surface area (Å²) in [5, 5.41) is 3.83. The Morgan fingerprint density at radius 2 is 1.93 bits per heavy atom. The third-order valence-electron chi connectivity index (χ3n) is 4.02. The Bertz CT molecular complexity index is 1120. The molecule has 1 aromatic heterocycles. The molecule has 0 aliphatic heterocycles. The van der Waals surface area contributed by atoms with E-state index in [1.165, 1.54) is 26.3 Å². The van der Waals surface area contributed by atoms with Crippen molar-refractivity contribution in [3.63, 3.8) is 0 Å². The van der Waals surface area contributed by atoms with Crippen LogP contribution in [0.15, 0.2) is 45.8 Å². The van der Waals surface area contributed by atoms with Gasteiger partial charge in [-0.3, -0.25) is 0 Å². The van der Waals surface area contributed by atoms with Gasteiger partial charge in [0.2, 0.25) is 21.7 Å². The van der Waals surface area contributed by atoms with Gasteiger partial charge in [0.1, 0.15) is 15.7 Å². The number of aryl methyl sites for hydroxylation is 1. The summed E-state index contributed by atoms with van der Waals surface area (Å²) in [7, 11) is -1.14. The largest absolute Gasteiger partial charge is 0.495 e. The molecule has 0 saturated carbocycles. The number of hydrogen-bond donors (Lipinski definition) is 0. The zero-order valence-electron chi connectivity index (χ0n) is 15.3. The summed E-state index contributed by atoms with van der Waals surface area (Å²) in [6.07, 6.45) is 0. The summed E-state index contributed by atoms with van der Waals surface area (Å²) in [4.78, 5) is 4.14. The predicted molar refractivity (Wildman–Crippen MR) is 106 cm³/mol. The first-order valence-electron chi connectivity index (χ1n) is 8.12. The first-order chi connectivity index (χ1) is 13.2. The number of aromatic nitrogens is 2. The molecule has 0 fully saturated rings. The van der Waals surface area contributed by atoms with Crippen LogP contribution in [-0.4, -0.2) is 37.0 Å². The highest BCUT2D eigenvalue weighted by atomic mass is 35.5. The van der Waals surface area contributed by atoms with Gasteiger partial charge in [-0.05, 0) is 25.1 Å². The number of methoxy groups -OCH3 is 1. The second-order valence-electron chi connectivity index (χ2n) is 6.04. The summed E-state index contributed by atoms with van der Waals surface area (Å²) >= 11 is 12.2. The lowest BCUT2D eigenvalue weighted by Gasteiger charge is -2.17. The van der Waals surface area contributed by atoms with Crippen LogP contribution in [0.25, 0.3) is 11.4 Å². The molecule has 3 rings (SSSR count). The van der Waals surface area contributed by atoms with E-state index in [-0.39, 0.29) is 33.1 Å². The monoisotopic (exact) mass is 441 g/mol. The van der Waals surface area contributed by atoms with Crippen LogP contribution in [-0.2, 0) is 16.6 Å². The van der Waals surface area contributed by atoms with E-state index in [9.17, 15) is 8.42 Å². The molecule has 0 saturated heterocycles. The van der Waals surface area contributed by atoms with E-state index in [0.717, 1.165) is 15.4 Å². The van der Waals surface area contributed by atoms with Gasteiger partial charge in [0.05, 0.1) is 18.7 Å². The van der Waals surface area contributed by atoms with E-state index in [2.05, 4.69) is 10.1 Å². The maximum Gasteiger partial charge on any atom is 0.244 e. The van der Waals surface area contributed by atoms with Crippen molar-refractivity contribution >= 4 is 33.2 Å². The first kappa shape index (κ1) is 20.6. The average Bonchev–Trinajstić information content (AvgIpc) is 3.12. The molecule has 10 heteroatoms. The highest BCUT2D eigenvalue weighted by molar-refractivity contribution is 7.89. The second kappa shape index (κ2) is 8.08. The molecule has 7 nitrogen and oxygen atoms in total. The fraction of sp³-hybridized carbons (Fsp3) is 0.222. The molecular formula is C18H17Cl2N3O4S. The van der Waals surface area contributed by atoms with Crippen molar-refractivity contribution in [2.45, 2.75) is 18.4 Å². The number of rotatable bonds is 6. The van der Waals surface area contributed by atoms with Crippen molar-refractivity contribution in [2.24, 2.45) is 0 Å². The van der Waals surface area contributed by atoms with Gasteiger partial charge in [-0.15, -0.1) is 0 Å². The van der Waals surface area contributed by atoms with Gasteiger partial charge in [0.15, 0.2) is 0 Å². The van der Waals surface area contributed by atoms with E-state index in [0.29, 0.717) is 5.82 Å². The first-order valence-corrected chi connectivity index (χ1v) is 10.3. The quantitative estimate of drug-likeness (QED) is 0.570. The molecule has 28 heavy (non-hydrogen) atoms. The van der Waals surface area contributed by atoms with Crippen LogP contribution in [0.2, 0.25) is 10.0 Å². The average molecular weight is 442 g/mol. The topological polar surface area (TPSA) is 85.5 Å². The van der Waals surface area contributed by atoms with Crippen molar-refractivity contribution in [3.05, 3.63) is 57.9 Å². The smallest absolute Gasteiger partial charge is 0.244 e. The standard InChI is InChI=1S/C18H17Cl2N3O4S/c1-11-5-4-6-12(9-11)18-21-15(27-22-18)10-23(2)28(24,25)14-8-7-13(26-3)16(19)17(14)20/h4-9H,10H2,1-3H3. The Morgan fingerprint density at radius 3 is 2.61 bits per heavy atom. The van der Waals surface area contributed by atoms with Crippen LogP contribution in [0.3, 0.4) is 0 Å². The fourth-order valence-corrected chi connectivity index (χ4v) is 4.47. The molecule has 0 atom stereocenters. The van der Waals surface area contributed by atoms with Gasteiger partial charge < -0.3 is 9.26 Å². The van der Waals surface area contributed by atoms with Gasteiger partial charge in [-0.25, -0.2) is 8.42 Å². The molecule has 0 unspecified atom stereocenters. The van der Waals surface area contributed by atoms with Crippen molar-refractivity contribution in [1.29, 1.82) is 0 Å². The van der Waals surface area contributed by atoms with Crippen LogP contribution >= 0.6 is 23.2 Å². The minimum absolute atomic E-state index is 0.0261. The predicted octanol–water partition coefficient (Wildman–Crippen LogP) is 4.18. The lowest BCUT2D eigenvalue weighted by atomic mass is 10.1. The number of nitrogens with zero attached hydrogens (tertiary/aromatic N) is 3. The van der Waals surface area contributed by atoms with E-state index < -0.39 is 10.0 Å². The number of sulfonamides is 1. The Morgan fingerprint density at radius 1 is 1.18 bits per heavy atom. The molecule has 148 valence electrons. The van der Waals surface area contributed by atoms with Crippen molar-refractivity contribution < 1.29 is 17.7 Å². The van der Waals surface area contributed by atoms with Gasteiger partial charge in [0.25, 0.3) is 0 Å². The summed E-state index contributed by atoms with van der Waals surface area (Å²) in [6.45, 7) is 1.83. The number of ether oxygens (including phenoxy) is 1. The molecule has 0 aliphatic carbocycles. The zero-order chi connectivity index (χ0) is 20.5. The van der Waals surface area contributed by atoms with Gasteiger partial charge in [-0.2, -0.15) is 9.29 Å². The van der Waals surface area contributed by atoms with E-state index in [4.69, 9.17) is 32.5 Å². The highest BCUT2D eigenvalue weighted by Crippen LogP contribution is 2.37. The molecule has 0 radical (unpaired) electrons. The van der Waals surface area contributed by atoms with Crippen LogP contribution in [0.4, 0.5) is 0 Å². The minimum atomic E-state index is -3.94. The van der Waals surface area contributed by atoms with Gasteiger partial charge in [0, 0.05) is 12.6 Å². The number of hydrogen-bond acceptors (Lipinski definition) is 6. The summed E-state index contributed by atoms with van der Waals surface area (Å²) in [5.74, 6) is 0.821. The Kier molecular flexibility index (Phi) is 5.95. The molecular weight excluding hydrogens is 425 g/mol. The second-order valence-corrected chi connectivity index (χ2v) is 8.81. The Hall–Kier alpha value is -2.13. The molecule has 0 aliphatic rings. The number of halogens is 2. The Balaban J connectivity index is 1.85. The molecule has 0 spiro atoms. The zero-order valence-corrected chi connectivity index (χ0v) is 17.6. The van der Waals surface area contributed by atoms with Crippen molar-refractivity contribution in [2.75, 3.05) is 14.2 Å². The van der Waals surface area contributed by atoms with Crippen molar-refractivity contribution in [3.8, 4) is 17.1 Å². The maximum atomic E-state index is 12.9.